The fourth-order valence-electron chi connectivity index (χ4n) is 4.69. The van der Waals surface area contributed by atoms with Gasteiger partial charge in [-0.15, -0.1) is 0 Å². The maximum atomic E-state index is 14.2. The topological polar surface area (TPSA) is 80.7 Å². The van der Waals surface area contributed by atoms with Crippen LogP contribution in [0, 0.1) is 11.6 Å². The van der Waals surface area contributed by atoms with Crippen LogP contribution in [0.1, 0.15) is 39.2 Å². The molecular weight excluding hydrogens is 456 g/mol. The molecule has 4 rings (SSSR count). The molecule has 1 fully saturated rings. The SMILES string of the molecule is CCCC(NC1COc2cc(F)cc(F)c2C1)C(=O)Nc1cn(C(C)(C)CN2CCOCC2)cn1. The van der Waals surface area contributed by atoms with Crippen LogP contribution in [-0.4, -0.2) is 71.9 Å². The molecule has 35 heavy (non-hydrogen) atoms. The average Bonchev–Trinajstić information content (AvgIpc) is 3.29. The van der Waals surface area contributed by atoms with Crippen molar-refractivity contribution in [1.82, 2.24) is 19.8 Å². The van der Waals surface area contributed by atoms with Crippen LogP contribution in [0.25, 0.3) is 0 Å². The Hall–Kier alpha value is -2.56. The lowest BCUT2D eigenvalue weighted by Gasteiger charge is -2.35. The van der Waals surface area contributed by atoms with E-state index in [0.717, 1.165) is 45.3 Å². The van der Waals surface area contributed by atoms with Gasteiger partial charge in [0.25, 0.3) is 0 Å². The van der Waals surface area contributed by atoms with E-state index < -0.39 is 17.7 Å². The zero-order valence-corrected chi connectivity index (χ0v) is 20.7. The number of carbonyl (C=O) groups excluding carboxylic acids is 1. The molecule has 1 amide bonds. The molecule has 0 spiro atoms. The third-order valence-corrected chi connectivity index (χ3v) is 6.59. The van der Waals surface area contributed by atoms with Gasteiger partial charge in [0.05, 0.1) is 31.1 Å². The zero-order chi connectivity index (χ0) is 25.0. The number of ether oxygens (including phenoxy) is 2. The second kappa shape index (κ2) is 11.0. The molecule has 10 heteroatoms. The van der Waals surface area contributed by atoms with Crippen molar-refractivity contribution in [2.75, 3.05) is 44.8 Å². The number of amides is 1. The maximum Gasteiger partial charge on any atom is 0.242 e. The first-order valence-corrected chi connectivity index (χ1v) is 12.3. The van der Waals surface area contributed by atoms with Crippen LogP contribution in [0.5, 0.6) is 5.75 Å². The van der Waals surface area contributed by atoms with Gasteiger partial charge in [-0.1, -0.05) is 13.3 Å². The van der Waals surface area contributed by atoms with Crippen molar-refractivity contribution < 1.29 is 23.0 Å². The molecule has 8 nitrogen and oxygen atoms in total. The minimum Gasteiger partial charge on any atom is -0.491 e. The van der Waals surface area contributed by atoms with Gasteiger partial charge in [0, 0.05) is 49.6 Å². The Morgan fingerprint density at radius 3 is 2.80 bits per heavy atom. The summed E-state index contributed by atoms with van der Waals surface area (Å²) in [6.07, 6.45) is 5.30. The van der Waals surface area contributed by atoms with Gasteiger partial charge in [0.1, 0.15) is 24.0 Å². The van der Waals surface area contributed by atoms with Crippen molar-refractivity contribution in [1.29, 1.82) is 0 Å². The van der Waals surface area contributed by atoms with Crippen molar-refractivity contribution in [2.45, 2.75) is 57.7 Å². The minimum absolute atomic E-state index is 0.200. The van der Waals surface area contributed by atoms with Gasteiger partial charge in [-0.3, -0.25) is 15.0 Å². The average molecular weight is 492 g/mol. The molecule has 0 saturated carbocycles. The van der Waals surface area contributed by atoms with Gasteiger partial charge >= 0.3 is 0 Å². The number of halogens is 2. The summed E-state index contributed by atoms with van der Waals surface area (Å²) in [6.45, 7) is 10.7. The molecule has 1 aromatic heterocycles. The molecular formula is C25H35F2N5O3. The lowest BCUT2D eigenvalue weighted by Crippen LogP contribution is -2.50. The number of morpholine rings is 1. The molecule has 0 radical (unpaired) electrons. The van der Waals surface area contributed by atoms with Crippen molar-refractivity contribution in [3.05, 3.63) is 41.9 Å². The first kappa shape index (κ1) is 25.5. The van der Waals surface area contributed by atoms with Crippen LogP contribution in [0.4, 0.5) is 14.6 Å². The number of anilines is 1. The van der Waals surface area contributed by atoms with Crippen molar-refractivity contribution in [2.24, 2.45) is 0 Å². The van der Waals surface area contributed by atoms with Crippen LogP contribution < -0.4 is 15.4 Å². The Bertz CT molecular complexity index is 1020. The minimum atomic E-state index is -0.663. The molecule has 1 aromatic carbocycles. The number of hydrogen-bond acceptors (Lipinski definition) is 6. The molecule has 2 aliphatic rings. The van der Waals surface area contributed by atoms with E-state index in [1.165, 1.54) is 6.07 Å². The van der Waals surface area contributed by atoms with Gasteiger partial charge in [0.2, 0.25) is 5.91 Å². The van der Waals surface area contributed by atoms with Crippen LogP contribution in [0.15, 0.2) is 24.7 Å². The number of nitrogens with one attached hydrogen (secondary N) is 2. The number of fused-ring (bicyclic) bond motifs is 1. The number of hydrogen-bond donors (Lipinski definition) is 2. The fourth-order valence-corrected chi connectivity index (χ4v) is 4.69. The van der Waals surface area contributed by atoms with E-state index in [4.69, 9.17) is 9.47 Å². The maximum absolute atomic E-state index is 14.2. The Balaban J connectivity index is 1.37. The summed E-state index contributed by atoms with van der Waals surface area (Å²) in [5, 5.41) is 6.22. The molecule has 2 unspecified atom stereocenters. The second-order valence-corrected chi connectivity index (χ2v) is 9.94. The lowest BCUT2D eigenvalue weighted by atomic mass is 10.00. The predicted molar refractivity (Wildman–Crippen MR) is 129 cm³/mol. The highest BCUT2D eigenvalue weighted by molar-refractivity contribution is 5.94. The fraction of sp³-hybridized carbons (Fsp3) is 0.600. The smallest absolute Gasteiger partial charge is 0.242 e. The summed E-state index contributed by atoms with van der Waals surface area (Å²) < 4.78 is 40.7. The molecule has 2 atom stereocenters. The van der Waals surface area contributed by atoms with Crippen LogP contribution in [0.3, 0.4) is 0 Å². The predicted octanol–water partition coefficient (Wildman–Crippen LogP) is 2.93. The van der Waals surface area contributed by atoms with Gasteiger partial charge in [0.15, 0.2) is 5.82 Å². The number of rotatable bonds is 9. The highest BCUT2D eigenvalue weighted by Gasteiger charge is 2.29. The van der Waals surface area contributed by atoms with E-state index in [1.807, 2.05) is 17.7 Å². The summed E-state index contributed by atoms with van der Waals surface area (Å²) in [5.74, 6) is -0.785. The Labute approximate surface area is 205 Å². The van der Waals surface area contributed by atoms with Crippen LogP contribution in [-0.2, 0) is 21.5 Å². The van der Waals surface area contributed by atoms with E-state index in [2.05, 4.69) is 34.4 Å². The Kier molecular flexibility index (Phi) is 8.03. The molecule has 2 aromatic rings. The molecule has 192 valence electrons. The third kappa shape index (κ3) is 6.36. The Morgan fingerprint density at radius 1 is 1.29 bits per heavy atom. The zero-order valence-electron chi connectivity index (χ0n) is 20.7. The third-order valence-electron chi connectivity index (χ3n) is 6.59. The first-order valence-electron chi connectivity index (χ1n) is 12.3. The molecule has 0 aliphatic carbocycles. The van der Waals surface area contributed by atoms with Crippen molar-refractivity contribution in [3.63, 3.8) is 0 Å². The summed E-state index contributed by atoms with van der Waals surface area (Å²) in [7, 11) is 0. The normalized spacial score (nSPS) is 19.6. The number of aromatic nitrogens is 2. The number of nitrogens with zero attached hydrogens (tertiary/aromatic N) is 3. The summed E-state index contributed by atoms with van der Waals surface area (Å²) in [4.78, 5) is 19.9. The van der Waals surface area contributed by atoms with E-state index in [1.54, 1.807) is 6.33 Å². The molecule has 1 saturated heterocycles. The van der Waals surface area contributed by atoms with Crippen LogP contribution in [0.2, 0.25) is 0 Å². The largest absolute Gasteiger partial charge is 0.491 e. The monoisotopic (exact) mass is 491 g/mol. The van der Waals surface area contributed by atoms with E-state index in [9.17, 15) is 13.6 Å². The van der Waals surface area contributed by atoms with Gasteiger partial charge in [-0.05, 0) is 26.7 Å². The van der Waals surface area contributed by atoms with E-state index in [0.29, 0.717) is 24.2 Å². The van der Waals surface area contributed by atoms with Crippen LogP contribution >= 0.6 is 0 Å². The summed E-state index contributed by atoms with van der Waals surface area (Å²) in [5.41, 5.74) is 0.122. The van der Waals surface area contributed by atoms with Crippen molar-refractivity contribution in [3.8, 4) is 5.75 Å². The Morgan fingerprint density at radius 2 is 2.06 bits per heavy atom. The number of benzene rings is 1. The summed E-state index contributed by atoms with van der Waals surface area (Å²) >= 11 is 0. The standard InChI is InChI=1S/C25H35F2N5O3/c1-4-5-21(29-18-12-19-20(27)10-17(26)11-22(19)35-14-18)24(33)30-23-13-32(16-28-23)25(2,3)15-31-6-8-34-9-7-31/h10-11,13,16,18,21,29H,4-9,12,14-15H2,1-3H3,(H,30,33). The molecule has 0 bridgehead atoms. The number of carbonyl (C=O) groups is 1. The molecule has 3 heterocycles. The highest BCUT2D eigenvalue weighted by Crippen LogP contribution is 2.29. The van der Waals surface area contributed by atoms with E-state index in [-0.39, 0.29) is 29.8 Å². The second-order valence-electron chi connectivity index (χ2n) is 9.94. The highest BCUT2D eigenvalue weighted by atomic mass is 19.1. The quantitative estimate of drug-likeness (QED) is 0.562. The lowest BCUT2D eigenvalue weighted by molar-refractivity contribution is -0.118. The van der Waals surface area contributed by atoms with Gasteiger partial charge in [-0.2, -0.15) is 0 Å². The first-order chi connectivity index (χ1) is 16.7. The molecule has 2 N–H and O–H groups in total. The molecule has 2 aliphatic heterocycles. The van der Waals surface area contributed by atoms with E-state index >= 15 is 0 Å². The number of imidazole rings is 1. The van der Waals surface area contributed by atoms with Crippen molar-refractivity contribution >= 4 is 11.7 Å². The van der Waals surface area contributed by atoms with Gasteiger partial charge in [-0.25, -0.2) is 13.8 Å². The van der Waals surface area contributed by atoms with Gasteiger partial charge < -0.3 is 19.4 Å². The summed E-state index contributed by atoms with van der Waals surface area (Å²) in [6, 6.07) is 1.29.